The number of nitrogens with zero attached hydrogens (tertiary/aromatic N) is 1. The van der Waals surface area contributed by atoms with E-state index in [2.05, 4.69) is 10.3 Å². The molecule has 4 heteroatoms. The minimum atomic E-state index is 0.166. The minimum Gasteiger partial charge on any atom is -0.504 e. The summed E-state index contributed by atoms with van der Waals surface area (Å²) in [7, 11) is 0. The molecule has 4 nitrogen and oxygen atoms in total. The molecular formula is C11H10N2O2. The van der Waals surface area contributed by atoms with E-state index in [1.807, 2.05) is 24.3 Å². The van der Waals surface area contributed by atoms with Crippen LogP contribution in [-0.2, 0) is 0 Å². The van der Waals surface area contributed by atoms with Crippen LogP contribution in [0.4, 0.5) is 0 Å². The maximum absolute atomic E-state index is 9.94. The van der Waals surface area contributed by atoms with Gasteiger partial charge < -0.3 is 14.8 Å². The van der Waals surface area contributed by atoms with Crippen molar-refractivity contribution in [3.05, 3.63) is 30.0 Å². The molecule has 0 fully saturated rings. The number of nitrogens with one attached hydrogen (secondary N) is 1. The van der Waals surface area contributed by atoms with Crippen LogP contribution in [0, 0.1) is 0 Å². The summed E-state index contributed by atoms with van der Waals surface area (Å²) in [6.45, 7) is 1.53. The van der Waals surface area contributed by atoms with Crippen molar-refractivity contribution in [2.75, 3.05) is 13.1 Å². The van der Waals surface area contributed by atoms with Crippen molar-refractivity contribution in [1.82, 2.24) is 5.32 Å². The van der Waals surface area contributed by atoms with Crippen LogP contribution in [0.5, 0.6) is 5.75 Å². The van der Waals surface area contributed by atoms with E-state index in [0.717, 1.165) is 18.5 Å². The number of furan rings is 1. The number of rotatable bonds is 1. The molecule has 0 saturated carbocycles. The summed E-state index contributed by atoms with van der Waals surface area (Å²) < 4.78 is 5.54. The molecule has 1 aromatic carbocycles. The fourth-order valence-corrected chi connectivity index (χ4v) is 1.74. The van der Waals surface area contributed by atoms with Crippen molar-refractivity contribution in [3.63, 3.8) is 0 Å². The molecule has 0 atom stereocenters. The van der Waals surface area contributed by atoms with Crippen LogP contribution in [0.3, 0.4) is 0 Å². The second-order valence-corrected chi connectivity index (χ2v) is 3.43. The summed E-state index contributed by atoms with van der Waals surface area (Å²) in [6, 6.07) is 7.39. The average Bonchev–Trinajstić information content (AvgIpc) is 2.87. The molecule has 1 aliphatic rings. The molecule has 2 aromatic rings. The number of para-hydroxylation sites is 1. The van der Waals surface area contributed by atoms with Gasteiger partial charge in [-0.3, -0.25) is 4.99 Å². The van der Waals surface area contributed by atoms with Gasteiger partial charge in [0, 0.05) is 6.54 Å². The van der Waals surface area contributed by atoms with E-state index in [9.17, 15) is 5.11 Å². The van der Waals surface area contributed by atoms with Crippen LogP contribution < -0.4 is 5.32 Å². The number of benzene rings is 1. The average molecular weight is 202 g/mol. The monoisotopic (exact) mass is 202 g/mol. The number of hydrogen-bond acceptors (Lipinski definition) is 4. The third kappa shape index (κ3) is 1.18. The predicted octanol–water partition coefficient (Wildman–Crippen LogP) is 1.49. The molecule has 0 radical (unpaired) electrons. The fourth-order valence-electron chi connectivity index (χ4n) is 1.74. The van der Waals surface area contributed by atoms with Crippen LogP contribution in [0.25, 0.3) is 11.0 Å². The molecule has 0 bridgehead atoms. The first-order chi connectivity index (χ1) is 7.36. The highest BCUT2D eigenvalue weighted by molar-refractivity contribution is 6.04. The summed E-state index contributed by atoms with van der Waals surface area (Å²) in [5.41, 5.74) is 0.682. The van der Waals surface area contributed by atoms with Gasteiger partial charge in [0.1, 0.15) is 5.58 Å². The molecule has 3 rings (SSSR count). The number of fused-ring (bicyclic) bond motifs is 1. The van der Waals surface area contributed by atoms with Gasteiger partial charge in [0.15, 0.2) is 11.6 Å². The quantitative estimate of drug-likeness (QED) is 0.736. The van der Waals surface area contributed by atoms with Crippen molar-refractivity contribution in [2.45, 2.75) is 0 Å². The first-order valence-electron chi connectivity index (χ1n) is 4.85. The molecule has 2 heterocycles. The van der Waals surface area contributed by atoms with Gasteiger partial charge in [-0.15, -0.1) is 0 Å². The third-order valence-electron chi connectivity index (χ3n) is 2.46. The number of aliphatic imine (C=N–C) groups is 1. The van der Waals surface area contributed by atoms with E-state index in [4.69, 9.17) is 4.42 Å². The van der Waals surface area contributed by atoms with Gasteiger partial charge in [0.05, 0.1) is 11.9 Å². The van der Waals surface area contributed by atoms with Crippen molar-refractivity contribution in [2.24, 2.45) is 4.99 Å². The van der Waals surface area contributed by atoms with Gasteiger partial charge in [0.25, 0.3) is 0 Å². The third-order valence-corrected chi connectivity index (χ3v) is 2.46. The standard InChI is InChI=1S/C11H10N2O2/c14-9-7-3-1-2-4-8(7)15-10(9)11-12-5-6-13-11/h1-4,14H,5-6H2,(H,12,13). The molecule has 0 unspecified atom stereocenters. The molecule has 0 amide bonds. The van der Waals surface area contributed by atoms with Crippen LogP contribution in [0.15, 0.2) is 33.7 Å². The zero-order valence-electron chi connectivity index (χ0n) is 8.03. The minimum absolute atomic E-state index is 0.166. The van der Waals surface area contributed by atoms with E-state index in [1.165, 1.54) is 0 Å². The zero-order valence-corrected chi connectivity index (χ0v) is 8.03. The van der Waals surface area contributed by atoms with Crippen molar-refractivity contribution in [3.8, 4) is 5.75 Å². The van der Waals surface area contributed by atoms with E-state index < -0.39 is 0 Å². The van der Waals surface area contributed by atoms with Crippen LogP contribution in [-0.4, -0.2) is 24.0 Å². The topological polar surface area (TPSA) is 57.8 Å². The maximum Gasteiger partial charge on any atom is 0.211 e. The normalized spacial score (nSPS) is 15.3. The summed E-state index contributed by atoms with van der Waals surface area (Å²) in [4.78, 5) is 4.21. The molecule has 0 aliphatic carbocycles. The Bertz CT molecular complexity index is 543. The second kappa shape index (κ2) is 3.02. The van der Waals surface area contributed by atoms with Gasteiger partial charge in [0.2, 0.25) is 5.76 Å². The zero-order chi connectivity index (χ0) is 10.3. The maximum atomic E-state index is 9.94. The van der Waals surface area contributed by atoms with Gasteiger partial charge in [-0.05, 0) is 12.1 Å². The molecule has 1 aliphatic heterocycles. The van der Waals surface area contributed by atoms with Gasteiger partial charge in [-0.2, -0.15) is 0 Å². The van der Waals surface area contributed by atoms with Crippen LogP contribution in [0.2, 0.25) is 0 Å². The smallest absolute Gasteiger partial charge is 0.211 e. The molecule has 1 aromatic heterocycles. The van der Waals surface area contributed by atoms with E-state index >= 15 is 0 Å². The lowest BCUT2D eigenvalue weighted by molar-refractivity contribution is 0.460. The Morgan fingerprint density at radius 3 is 2.93 bits per heavy atom. The van der Waals surface area contributed by atoms with Gasteiger partial charge in [-0.25, -0.2) is 0 Å². The fraction of sp³-hybridized carbons (Fsp3) is 0.182. The highest BCUT2D eigenvalue weighted by atomic mass is 16.4. The first-order valence-corrected chi connectivity index (χ1v) is 4.85. The molecule has 0 spiro atoms. The lowest BCUT2D eigenvalue weighted by atomic mass is 10.2. The number of hydrogen-bond donors (Lipinski definition) is 2. The van der Waals surface area contributed by atoms with Crippen molar-refractivity contribution >= 4 is 16.8 Å². The Morgan fingerprint density at radius 1 is 1.33 bits per heavy atom. The summed E-state index contributed by atoms with van der Waals surface area (Å²) >= 11 is 0. The predicted molar refractivity (Wildman–Crippen MR) is 57.3 cm³/mol. The highest BCUT2D eigenvalue weighted by Crippen LogP contribution is 2.31. The number of amidine groups is 1. The lowest BCUT2D eigenvalue weighted by Gasteiger charge is -1.96. The molecule has 0 saturated heterocycles. The van der Waals surface area contributed by atoms with Crippen LogP contribution >= 0.6 is 0 Å². The van der Waals surface area contributed by atoms with E-state index in [0.29, 0.717) is 17.2 Å². The molecule has 15 heavy (non-hydrogen) atoms. The summed E-state index contributed by atoms with van der Waals surface area (Å²) in [5, 5.41) is 13.7. The first kappa shape index (κ1) is 8.35. The Labute approximate surface area is 86.2 Å². The largest absolute Gasteiger partial charge is 0.504 e. The Morgan fingerprint density at radius 2 is 2.20 bits per heavy atom. The second-order valence-electron chi connectivity index (χ2n) is 3.43. The summed E-state index contributed by atoms with van der Waals surface area (Å²) in [5.74, 6) is 1.25. The van der Waals surface area contributed by atoms with Crippen LogP contribution in [0.1, 0.15) is 5.76 Å². The molecule has 76 valence electrons. The lowest BCUT2D eigenvalue weighted by Crippen LogP contribution is -2.18. The molecular weight excluding hydrogens is 192 g/mol. The van der Waals surface area contributed by atoms with E-state index in [1.54, 1.807) is 0 Å². The highest BCUT2D eigenvalue weighted by Gasteiger charge is 2.19. The Kier molecular flexibility index (Phi) is 1.68. The van der Waals surface area contributed by atoms with Crippen molar-refractivity contribution < 1.29 is 9.52 Å². The van der Waals surface area contributed by atoms with Gasteiger partial charge >= 0.3 is 0 Å². The molecule has 2 N–H and O–H groups in total. The van der Waals surface area contributed by atoms with Gasteiger partial charge in [-0.1, -0.05) is 12.1 Å². The van der Waals surface area contributed by atoms with Crippen molar-refractivity contribution in [1.29, 1.82) is 0 Å². The summed E-state index contributed by atoms with van der Waals surface area (Å²) in [6.07, 6.45) is 0. The Hall–Kier alpha value is -1.97. The van der Waals surface area contributed by atoms with E-state index in [-0.39, 0.29) is 5.75 Å². The number of aromatic hydroxyl groups is 1. The SMILES string of the molecule is Oc1c(C2=NCCN2)oc2ccccc12. The Balaban J connectivity index is 2.23.